The number of aromatic nitrogens is 2. The minimum atomic E-state index is -0.307. The van der Waals surface area contributed by atoms with Crippen LogP contribution in [0.3, 0.4) is 0 Å². The van der Waals surface area contributed by atoms with Crippen LogP contribution in [0.1, 0.15) is 0 Å². The first-order chi connectivity index (χ1) is 10.4. The molecule has 1 N–H and O–H groups in total. The minimum absolute atomic E-state index is 0.253. The maximum Gasteiger partial charge on any atom is 0.332 e. The zero-order valence-corrected chi connectivity index (χ0v) is 12.7. The Kier molecular flexibility index (Phi) is 5.36. The average Bonchev–Trinajstić information content (AvgIpc) is 2.81. The molecule has 2 heterocycles. The van der Waals surface area contributed by atoms with E-state index in [1.807, 2.05) is 16.8 Å². The van der Waals surface area contributed by atoms with E-state index in [0.717, 1.165) is 4.57 Å². The highest BCUT2D eigenvalue weighted by atomic mass is 16.2. The van der Waals surface area contributed by atoms with Gasteiger partial charge in [0.15, 0.2) is 12.4 Å². The van der Waals surface area contributed by atoms with Crippen molar-refractivity contribution in [1.82, 2.24) is 14.5 Å². The summed E-state index contributed by atoms with van der Waals surface area (Å²) < 4.78 is 2.64. The second kappa shape index (κ2) is 6.99. The zero-order chi connectivity index (χ0) is 16.9. The second-order valence-corrected chi connectivity index (χ2v) is 4.58. The number of nitrogens with one attached hydrogen (secondary N) is 1. The third-order valence-corrected chi connectivity index (χ3v) is 3.14. The molecule has 22 heavy (non-hydrogen) atoms. The van der Waals surface area contributed by atoms with Crippen molar-refractivity contribution in [3.63, 3.8) is 0 Å². The van der Waals surface area contributed by atoms with Gasteiger partial charge in [-0.2, -0.15) is 10.5 Å². The van der Waals surface area contributed by atoms with Crippen molar-refractivity contribution in [2.24, 2.45) is 14.1 Å². The van der Waals surface area contributed by atoms with Crippen LogP contribution in [0.5, 0.6) is 0 Å². The molecule has 9 nitrogen and oxygen atoms in total. The largest absolute Gasteiger partial charge is 0.349 e. The Morgan fingerprint density at radius 1 is 1.23 bits per heavy atom. The molecule has 1 aromatic heterocycles. The number of rotatable bonds is 2. The van der Waals surface area contributed by atoms with Gasteiger partial charge in [0.25, 0.3) is 5.56 Å². The Balaban J connectivity index is 0.000000422. The van der Waals surface area contributed by atoms with Crippen molar-refractivity contribution < 1.29 is 0 Å². The quantitative estimate of drug-likeness (QED) is 0.425. The van der Waals surface area contributed by atoms with E-state index in [1.165, 1.54) is 24.0 Å². The predicted octanol–water partition coefficient (Wildman–Crippen LogP) is -0.978. The zero-order valence-electron chi connectivity index (χ0n) is 12.7. The lowest BCUT2D eigenvalue weighted by molar-refractivity contribution is 0.686. The van der Waals surface area contributed by atoms with Crippen LogP contribution in [0.4, 0.5) is 11.5 Å². The summed E-state index contributed by atoms with van der Waals surface area (Å²) in [5.41, 5.74) is 0.00623. The van der Waals surface area contributed by atoms with E-state index in [9.17, 15) is 9.59 Å². The smallest absolute Gasteiger partial charge is 0.332 e. The Bertz CT molecular complexity index is 751. The summed E-state index contributed by atoms with van der Waals surface area (Å²) in [7, 11) is 5.01. The van der Waals surface area contributed by atoms with Crippen LogP contribution in [-0.4, -0.2) is 29.4 Å². The molecule has 0 radical (unpaired) electrons. The van der Waals surface area contributed by atoms with E-state index in [2.05, 4.69) is 6.58 Å². The van der Waals surface area contributed by atoms with E-state index in [4.69, 9.17) is 10.5 Å². The molecule has 116 valence electrons. The van der Waals surface area contributed by atoms with Gasteiger partial charge in [-0.3, -0.25) is 13.9 Å². The molecule has 0 amide bonds. The van der Waals surface area contributed by atoms with Gasteiger partial charge >= 0.3 is 5.69 Å². The van der Waals surface area contributed by atoms with Gasteiger partial charge in [0.1, 0.15) is 11.5 Å². The van der Waals surface area contributed by atoms with Gasteiger partial charge < -0.3 is 9.80 Å². The fraction of sp³-hybridized carbons (Fsp3) is 0.385. The number of hydrogen-bond donors (Lipinski definition) is 1. The van der Waals surface area contributed by atoms with Crippen LogP contribution in [0.25, 0.3) is 0 Å². The van der Waals surface area contributed by atoms with E-state index in [-0.39, 0.29) is 11.2 Å². The number of nitriles is 2. The first-order valence-electron chi connectivity index (χ1n) is 6.30. The van der Waals surface area contributed by atoms with Gasteiger partial charge in [0.2, 0.25) is 0 Å². The highest BCUT2D eigenvalue weighted by Crippen LogP contribution is 2.29. The molecule has 0 saturated carbocycles. The molecule has 1 aliphatic heterocycles. The lowest BCUT2D eigenvalue weighted by atomic mass is 10.4. The third-order valence-electron chi connectivity index (χ3n) is 3.14. The topological polar surface area (TPSA) is 110 Å². The lowest BCUT2D eigenvalue weighted by Gasteiger charge is -2.18. The van der Waals surface area contributed by atoms with Crippen molar-refractivity contribution >= 4 is 11.5 Å². The molecule has 2 rings (SSSR count). The Morgan fingerprint density at radius 2 is 1.82 bits per heavy atom. The molecule has 9 heteroatoms. The van der Waals surface area contributed by atoms with E-state index in [0.29, 0.717) is 24.7 Å². The first kappa shape index (κ1) is 16.9. The van der Waals surface area contributed by atoms with E-state index in [1.54, 1.807) is 18.4 Å². The van der Waals surface area contributed by atoms with Gasteiger partial charge in [-0.25, -0.2) is 10.1 Å². The molecule has 0 aromatic carbocycles. The van der Waals surface area contributed by atoms with Crippen LogP contribution in [-0.2, 0) is 14.1 Å². The normalized spacial score (nSPS) is 11.7. The first-order valence-corrected chi connectivity index (χ1v) is 6.30. The number of hydrogen-bond acceptors (Lipinski definition) is 7. The molecule has 0 saturated heterocycles. The molecule has 1 aliphatic rings. The van der Waals surface area contributed by atoms with Crippen LogP contribution in [0.2, 0.25) is 0 Å². The molecular weight excluding hydrogens is 286 g/mol. The standard InChI is InChI=1S/C11H16N4O2.C2HN3/c1-5-6-15-7-12(2)8-9(15)13(3)11(17)14(4)10(8)16;3-1-5-2-4/h5H,1,6-7H2,2-4H3;5H. The number of nitrogens with zero attached hydrogens (tertiary/aromatic N) is 6. The summed E-state index contributed by atoms with van der Waals surface area (Å²) >= 11 is 0. The Labute approximate surface area is 127 Å². The summed E-state index contributed by atoms with van der Waals surface area (Å²) in [5.74, 6) is 0.667. The van der Waals surface area contributed by atoms with Crippen LogP contribution in [0.15, 0.2) is 22.2 Å². The maximum absolute atomic E-state index is 12.0. The molecular formula is C13H17N7O2. The minimum Gasteiger partial charge on any atom is -0.349 e. The average molecular weight is 303 g/mol. The third kappa shape index (κ3) is 2.94. The van der Waals surface area contributed by atoms with Crippen LogP contribution >= 0.6 is 0 Å². The van der Waals surface area contributed by atoms with Crippen molar-refractivity contribution in [1.29, 1.82) is 10.5 Å². The molecule has 0 atom stereocenters. The molecule has 0 bridgehead atoms. The Morgan fingerprint density at radius 3 is 2.27 bits per heavy atom. The summed E-state index contributed by atoms with van der Waals surface area (Å²) in [4.78, 5) is 27.7. The van der Waals surface area contributed by atoms with Crippen LogP contribution in [0, 0.1) is 22.9 Å². The van der Waals surface area contributed by atoms with Gasteiger partial charge in [-0.15, -0.1) is 6.58 Å². The molecule has 0 spiro atoms. The SMILES string of the molecule is C=CCN1CN(C)c2c1n(C)c(=O)n(C)c2=O.N#CNC#N. The lowest BCUT2D eigenvalue weighted by Crippen LogP contribution is -2.39. The summed E-state index contributed by atoms with van der Waals surface area (Å²) in [6.45, 7) is 4.88. The van der Waals surface area contributed by atoms with Crippen molar-refractivity contribution in [3.8, 4) is 12.4 Å². The summed E-state index contributed by atoms with van der Waals surface area (Å²) in [6, 6.07) is 0. The number of fused-ring (bicyclic) bond motifs is 1. The highest BCUT2D eigenvalue weighted by Gasteiger charge is 2.29. The van der Waals surface area contributed by atoms with Crippen LogP contribution < -0.4 is 26.4 Å². The van der Waals surface area contributed by atoms with E-state index < -0.39 is 0 Å². The summed E-state index contributed by atoms with van der Waals surface area (Å²) in [6.07, 6.45) is 4.57. The number of anilines is 2. The van der Waals surface area contributed by atoms with Gasteiger partial charge in [0.05, 0.1) is 6.67 Å². The van der Waals surface area contributed by atoms with Gasteiger partial charge in [-0.1, -0.05) is 6.08 Å². The fourth-order valence-corrected chi connectivity index (χ4v) is 2.23. The predicted molar refractivity (Wildman–Crippen MR) is 82.1 cm³/mol. The summed E-state index contributed by atoms with van der Waals surface area (Å²) in [5, 5.41) is 16.7. The van der Waals surface area contributed by atoms with Crippen molar-refractivity contribution in [2.45, 2.75) is 0 Å². The Hall–Kier alpha value is -3.20. The highest BCUT2D eigenvalue weighted by molar-refractivity contribution is 5.71. The molecule has 0 aliphatic carbocycles. The maximum atomic E-state index is 12.0. The van der Waals surface area contributed by atoms with Gasteiger partial charge in [0, 0.05) is 27.7 Å². The van der Waals surface area contributed by atoms with Gasteiger partial charge in [-0.05, 0) is 0 Å². The van der Waals surface area contributed by atoms with Crippen molar-refractivity contribution in [3.05, 3.63) is 33.5 Å². The monoisotopic (exact) mass is 303 g/mol. The van der Waals surface area contributed by atoms with E-state index >= 15 is 0 Å². The molecule has 0 fully saturated rings. The molecule has 1 aromatic rings. The van der Waals surface area contributed by atoms with Crippen molar-refractivity contribution in [2.75, 3.05) is 30.1 Å². The molecule has 0 unspecified atom stereocenters. The fourth-order valence-electron chi connectivity index (χ4n) is 2.23. The second-order valence-electron chi connectivity index (χ2n) is 4.58.